The van der Waals surface area contributed by atoms with Crippen LogP contribution in [-0.2, 0) is 14.3 Å². The van der Waals surface area contributed by atoms with E-state index in [0.717, 1.165) is 57.0 Å². The van der Waals surface area contributed by atoms with E-state index in [1.54, 1.807) is 0 Å². The molecule has 31 heavy (non-hydrogen) atoms. The van der Waals surface area contributed by atoms with Crippen molar-refractivity contribution in [3.05, 3.63) is 29.3 Å². The molecule has 3 saturated heterocycles. The van der Waals surface area contributed by atoms with Gasteiger partial charge in [-0.3, -0.25) is 9.69 Å². The maximum atomic E-state index is 13.2. The summed E-state index contributed by atoms with van der Waals surface area (Å²) in [5.41, 5.74) is 0.751. The van der Waals surface area contributed by atoms with Crippen molar-refractivity contribution in [3.63, 3.8) is 0 Å². The Labute approximate surface area is 190 Å². The van der Waals surface area contributed by atoms with E-state index < -0.39 is 0 Å². The van der Waals surface area contributed by atoms with Crippen LogP contribution in [0.1, 0.15) is 39.5 Å². The molecule has 1 aromatic rings. The lowest BCUT2D eigenvalue weighted by molar-refractivity contribution is -0.168. The number of rotatable bonds is 3. The predicted molar refractivity (Wildman–Crippen MR) is 120 cm³/mol. The summed E-state index contributed by atoms with van der Waals surface area (Å²) in [5.74, 6) is 1.39. The first-order valence-electron chi connectivity index (χ1n) is 12.0. The van der Waals surface area contributed by atoms with E-state index in [1.165, 1.54) is 12.1 Å². The molecule has 6 heteroatoms. The van der Waals surface area contributed by atoms with Crippen LogP contribution in [0.25, 0.3) is 0 Å². The number of fused-ring (bicyclic) bond motifs is 1. The first kappa shape index (κ1) is 20.3. The average Bonchev–Trinajstić information content (AvgIpc) is 3.38. The lowest BCUT2D eigenvalue weighted by atomic mass is 9.55. The number of piperazine rings is 1. The van der Waals surface area contributed by atoms with E-state index in [2.05, 4.69) is 29.7 Å². The van der Waals surface area contributed by atoms with Crippen molar-refractivity contribution >= 4 is 23.3 Å². The summed E-state index contributed by atoms with van der Waals surface area (Å²) in [6.45, 7) is 9.24. The largest absolute Gasteiger partial charge is 0.455 e. The minimum atomic E-state index is -0.366. The summed E-state index contributed by atoms with van der Waals surface area (Å²) in [7, 11) is 0. The summed E-state index contributed by atoms with van der Waals surface area (Å²) in [5, 5.41) is 0.779. The van der Waals surface area contributed by atoms with Crippen LogP contribution in [0.4, 0.5) is 5.69 Å². The van der Waals surface area contributed by atoms with Crippen LogP contribution in [-0.4, -0.2) is 60.9 Å². The summed E-state index contributed by atoms with van der Waals surface area (Å²) < 4.78 is 12.6. The van der Waals surface area contributed by atoms with Gasteiger partial charge in [-0.05, 0) is 56.7 Å². The zero-order valence-corrected chi connectivity index (χ0v) is 19.3. The molecule has 7 atom stereocenters. The second kappa shape index (κ2) is 7.10. The Kier molecular flexibility index (Phi) is 4.65. The molecular weight excluding hydrogens is 412 g/mol. The number of hydrogen-bond donors (Lipinski definition) is 0. The fourth-order valence-electron chi connectivity index (χ4n) is 7.40. The van der Waals surface area contributed by atoms with Crippen molar-refractivity contribution in [2.75, 3.05) is 37.6 Å². The van der Waals surface area contributed by atoms with Crippen molar-refractivity contribution in [1.29, 1.82) is 0 Å². The molecule has 0 bridgehead atoms. The first-order valence-corrected chi connectivity index (χ1v) is 12.4. The molecule has 1 aromatic carbocycles. The summed E-state index contributed by atoms with van der Waals surface area (Å²) in [4.78, 5) is 18.1. The number of halogens is 1. The molecule has 0 aromatic heterocycles. The maximum absolute atomic E-state index is 13.2. The lowest BCUT2D eigenvalue weighted by Gasteiger charge is -2.50. The highest BCUT2D eigenvalue weighted by molar-refractivity contribution is 6.30. The number of hydrogen-bond acceptors (Lipinski definition) is 5. The molecule has 0 amide bonds. The van der Waals surface area contributed by atoms with Gasteiger partial charge in [0.2, 0.25) is 0 Å². The first-order chi connectivity index (χ1) is 14.9. The number of anilines is 1. The summed E-state index contributed by atoms with van der Waals surface area (Å²) in [6.07, 6.45) is 4.64. The monoisotopic (exact) mass is 444 g/mol. The van der Waals surface area contributed by atoms with Gasteiger partial charge in [-0.2, -0.15) is 0 Å². The standard InChI is InChI=1S/C25H33ClN2O3/c1-16-6-7-21-19(22(29)30-25(21)20(16)8-9-24(2)23(25)31-24)15-27-10-12-28(13-11-27)18-5-3-4-17(26)14-18/h3-5,14,16,19-21,23H,6-13,15H2,1-2H3/t16-,19+,20-,21-,23-,24-,25-/m1/s1. The van der Waals surface area contributed by atoms with Gasteiger partial charge < -0.3 is 14.4 Å². The third kappa shape index (κ3) is 3.07. The Hall–Kier alpha value is -1.30. The van der Waals surface area contributed by atoms with E-state index in [0.29, 0.717) is 17.8 Å². The van der Waals surface area contributed by atoms with Crippen molar-refractivity contribution in [1.82, 2.24) is 4.90 Å². The highest BCUT2D eigenvalue weighted by Crippen LogP contribution is 2.66. The van der Waals surface area contributed by atoms with Gasteiger partial charge in [-0.15, -0.1) is 0 Å². The molecule has 2 aliphatic carbocycles. The average molecular weight is 445 g/mol. The lowest BCUT2D eigenvalue weighted by Crippen LogP contribution is -2.58. The van der Waals surface area contributed by atoms with Crippen molar-refractivity contribution < 1.29 is 14.3 Å². The zero-order valence-electron chi connectivity index (χ0n) is 18.6. The van der Waals surface area contributed by atoms with Crippen LogP contribution in [0.15, 0.2) is 24.3 Å². The van der Waals surface area contributed by atoms with E-state index in [4.69, 9.17) is 21.1 Å². The van der Waals surface area contributed by atoms with Gasteiger partial charge in [0.15, 0.2) is 0 Å². The molecule has 1 spiro atoms. The highest BCUT2D eigenvalue weighted by Gasteiger charge is 2.77. The second-order valence-electron chi connectivity index (χ2n) is 10.8. The Morgan fingerprint density at radius 1 is 1.13 bits per heavy atom. The number of benzene rings is 1. The molecule has 6 rings (SSSR count). The molecule has 5 aliphatic rings. The number of carbonyl (C=O) groups excluding carboxylic acids is 1. The van der Waals surface area contributed by atoms with Gasteiger partial charge in [0, 0.05) is 55.3 Å². The van der Waals surface area contributed by atoms with Gasteiger partial charge in [0.1, 0.15) is 11.7 Å². The van der Waals surface area contributed by atoms with Crippen LogP contribution in [0.3, 0.4) is 0 Å². The molecule has 5 fully saturated rings. The topological polar surface area (TPSA) is 45.3 Å². The minimum absolute atomic E-state index is 0.0146. The molecule has 0 N–H and O–H groups in total. The molecule has 2 saturated carbocycles. The fourth-order valence-corrected chi connectivity index (χ4v) is 7.59. The van der Waals surface area contributed by atoms with Crippen LogP contribution in [0, 0.1) is 23.7 Å². The Balaban J connectivity index is 1.17. The molecule has 0 unspecified atom stereocenters. The second-order valence-corrected chi connectivity index (χ2v) is 11.2. The molecule has 3 heterocycles. The quantitative estimate of drug-likeness (QED) is 0.521. The van der Waals surface area contributed by atoms with E-state index in [1.807, 2.05) is 18.2 Å². The smallest absolute Gasteiger partial charge is 0.311 e. The Morgan fingerprint density at radius 2 is 1.94 bits per heavy atom. The van der Waals surface area contributed by atoms with Gasteiger partial charge in [-0.25, -0.2) is 0 Å². The third-order valence-corrected chi connectivity index (χ3v) is 9.33. The van der Waals surface area contributed by atoms with Crippen LogP contribution in [0.2, 0.25) is 5.02 Å². The number of carbonyl (C=O) groups is 1. The van der Waals surface area contributed by atoms with Crippen molar-refractivity contribution in [2.45, 2.75) is 56.8 Å². The maximum Gasteiger partial charge on any atom is 0.311 e. The van der Waals surface area contributed by atoms with Crippen LogP contribution in [0.5, 0.6) is 0 Å². The molecule has 3 aliphatic heterocycles. The van der Waals surface area contributed by atoms with Gasteiger partial charge >= 0.3 is 5.97 Å². The van der Waals surface area contributed by atoms with Crippen LogP contribution < -0.4 is 4.90 Å². The van der Waals surface area contributed by atoms with Crippen LogP contribution >= 0.6 is 11.6 Å². The molecule has 5 nitrogen and oxygen atoms in total. The van der Waals surface area contributed by atoms with Gasteiger partial charge in [-0.1, -0.05) is 24.6 Å². The normalized spacial score (nSPS) is 44.3. The predicted octanol–water partition coefficient (Wildman–Crippen LogP) is 3.99. The zero-order chi connectivity index (χ0) is 21.4. The van der Waals surface area contributed by atoms with Gasteiger partial charge in [0.25, 0.3) is 0 Å². The van der Waals surface area contributed by atoms with E-state index >= 15 is 0 Å². The number of nitrogens with zero attached hydrogens (tertiary/aromatic N) is 2. The number of esters is 1. The molecule has 168 valence electrons. The van der Waals surface area contributed by atoms with Gasteiger partial charge in [0.05, 0.1) is 11.5 Å². The molecule has 0 radical (unpaired) electrons. The third-order valence-electron chi connectivity index (χ3n) is 9.09. The van der Waals surface area contributed by atoms with E-state index in [9.17, 15) is 4.79 Å². The molecular formula is C25H33ClN2O3. The summed E-state index contributed by atoms with van der Waals surface area (Å²) in [6, 6.07) is 8.09. The summed E-state index contributed by atoms with van der Waals surface area (Å²) >= 11 is 6.18. The van der Waals surface area contributed by atoms with Crippen molar-refractivity contribution in [3.8, 4) is 0 Å². The Bertz CT molecular complexity index is 887. The number of ether oxygens (including phenoxy) is 2. The Morgan fingerprint density at radius 3 is 2.71 bits per heavy atom. The van der Waals surface area contributed by atoms with E-state index in [-0.39, 0.29) is 29.2 Å². The number of epoxide rings is 1. The van der Waals surface area contributed by atoms with Crippen molar-refractivity contribution in [2.24, 2.45) is 23.7 Å². The fraction of sp³-hybridized carbons (Fsp3) is 0.720. The highest BCUT2D eigenvalue weighted by atomic mass is 35.5. The minimum Gasteiger partial charge on any atom is -0.455 e. The SMILES string of the molecule is C[C@@H]1CC[C@@H]2[C@H](CN3CCN(c4cccc(Cl)c4)CC3)C(=O)O[C@]23[C@@H]1CC[C@@]1(C)O[C@@H]31.